The van der Waals surface area contributed by atoms with E-state index in [1.54, 1.807) is 5.51 Å². The lowest BCUT2D eigenvalue weighted by atomic mass is 9.88. The number of nitrogens with zero attached hydrogens (tertiary/aromatic N) is 1. The topological polar surface area (TPSA) is 42.0 Å². The number of rotatable bonds is 6. The van der Waals surface area contributed by atoms with Crippen molar-refractivity contribution in [3.8, 4) is 0 Å². The highest BCUT2D eigenvalue weighted by Crippen LogP contribution is 2.22. The highest BCUT2D eigenvalue weighted by atomic mass is 79.9. The maximum atomic E-state index is 11.9. The molecule has 1 aromatic rings. The Morgan fingerprint density at radius 1 is 1.59 bits per heavy atom. The van der Waals surface area contributed by atoms with Crippen LogP contribution in [0.2, 0.25) is 0 Å². The van der Waals surface area contributed by atoms with Crippen molar-refractivity contribution in [3.63, 3.8) is 0 Å². The number of amides is 1. The van der Waals surface area contributed by atoms with E-state index in [1.165, 1.54) is 11.3 Å². The molecule has 1 aromatic heterocycles. The van der Waals surface area contributed by atoms with Crippen molar-refractivity contribution in [2.75, 3.05) is 11.9 Å². The summed E-state index contributed by atoms with van der Waals surface area (Å²) in [7, 11) is 0. The molecule has 0 spiro atoms. The summed E-state index contributed by atoms with van der Waals surface area (Å²) in [5, 5.41) is 4.00. The Kier molecular flexibility index (Phi) is 5.59. The zero-order valence-electron chi connectivity index (χ0n) is 10.5. The second-order valence-corrected chi connectivity index (χ2v) is 6.55. The molecule has 1 rings (SSSR count). The molecule has 0 fully saturated rings. The van der Waals surface area contributed by atoms with Crippen LogP contribution in [-0.2, 0) is 0 Å². The first-order valence-electron chi connectivity index (χ1n) is 5.70. The minimum atomic E-state index is -0.00285. The quantitative estimate of drug-likeness (QED) is 0.817. The van der Waals surface area contributed by atoms with Gasteiger partial charge in [-0.2, -0.15) is 0 Å². The van der Waals surface area contributed by atoms with Crippen LogP contribution in [0.3, 0.4) is 0 Å². The van der Waals surface area contributed by atoms with Crippen LogP contribution in [0.25, 0.3) is 0 Å². The molecule has 0 aliphatic heterocycles. The minimum absolute atomic E-state index is 0.00285. The van der Waals surface area contributed by atoms with Crippen LogP contribution in [0, 0.1) is 12.3 Å². The summed E-state index contributed by atoms with van der Waals surface area (Å²) >= 11 is 4.82. The van der Waals surface area contributed by atoms with Crippen molar-refractivity contribution >= 4 is 33.2 Å². The van der Waals surface area contributed by atoms with E-state index in [2.05, 4.69) is 40.1 Å². The van der Waals surface area contributed by atoms with Gasteiger partial charge in [-0.05, 0) is 25.2 Å². The van der Waals surface area contributed by atoms with Crippen LogP contribution >= 0.6 is 27.3 Å². The Hall–Kier alpha value is -0.420. The maximum absolute atomic E-state index is 11.9. The molecule has 0 bridgehead atoms. The van der Waals surface area contributed by atoms with Crippen LogP contribution in [-0.4, -0.2) is 22.8 Å². The Bertz CT molecular complexity index is 376. The van der Waals surface area contributed by atoms with E-state index in [-0.39, 0.29) is 11.3 Å². The number of halogens is 1. The van der Waals surface area contributed by atoms with E-state index >= 15 is 0 Å². The van der Waals surface area contributed by atoms with Gasteiger partial charge < -0.3 is 5.32 Å². The van der Waals surface area contributed by atoms with Crippen LogP contribution in [0.1, 0.15) is 42.1 Å². The third kappa shape index (κ3) is 4.76. The zero-order valence-corrected chi connectivity index (χ0v) is 12.9. The monoisotopic (exact) mass is 318 g/mol. The smallest absolute Gasteiger partial charge is 0.263 e. The summed E-state index contributed by atoms with van der Waals surface area (Å²) < 4.78 is 0. The number of hydrogen-bond acceptors (Lipinski definition) is 3. The molecule has 0 unspecified atom stereocenters. The number of hydrogen-bond donors (Lipinski definition) is 1. The second-order valence-electron chi connectivity index (χ2n) is 4.91. The molecule has 17 heavy (non-hydrogen) atoms. The summed E-state index contributed by atoms with van der Waals surface area (Å²) in [4.78, 5) is 16.7. The van der Waals surface area contributed by atoms with Gasteiger partial charge in [-0.3, -0.25) is 4.79 Å². The lowest BCUT2D eigenvalue weighted by Crippen LogP contribution is -2.34. The molecule has 0 saturated heterocycles. The third-order valence-electron chi connectivity index (χ3n) is 2.67. The van der Waals surface area contributed by atoms with Crippen LogP contribution < -0.4 is 5.32 Å². The van der Waals surface area contributed by atoms with Crippen molar-refractivity contribution in [2.45, 2.75) is 33.6 Å². The summed E-state index contributed by atoms with van der Waals surface area (Å²) in [6.45, 7) is 6.92. The van der Waals surface area contributed by atoms with Gasteiger partial charge in [-0.1, -0.05) is 29.8 Å². The number of carbonyl (C=O) groups is 1. The van der Waals surface area contributed by atoms with E-state index < -0.39 is 0 Å². The molecule has 5 heteroatoms. The van der Waals surface area contributed by atoms with E-state index in [9.17, 15) is 4.79 Å². The van der Waals surface area contributed by atoms with E-state index in [1.807, 2.05) is 6.92 Å². The van der Waals surface area contributed by atoms with Gasteiger partial charge in [-0.15, -0.1) is 11.3 Å². The molecule has 0 aliphatic carbocycles. The minimum Gasteiger partial charge on any atom is -0.351 e. The van der Waals surface area contributed by atoms with Gasteiger partial charge in [0.15, 0.2) is 0 Å². The highest BCUT2D eigenvalue weighted by Gasteiger charge is 2.19. The average Bonchev–Trinajstić information content (AvgIpc) is 2.70. The molecule has 1 N–H and O–H groups in total. The average molecular weight is 319 g/mol. The fourth-order valence-corrected chi connectivity index (χ4v) is 2.55. The van der Waals surface area contributed by atoms with Gasteiger partial charge in [0.25, 0.3) is 5.91 Å². The van der Waals surface area contributed by atoms with Gasteiger partial charge in [-0.25, -0.2) is 4.98 Å². The third-order valence-corrected chi connectivity index (χ3v) is 4.15. The zero-order chi connectivity index (χ0) is 12.9. The Balaban J connectivity index is 2.45. The van der Waals surface area contributed by atoms with Crippen molar-refractivity contribution in [2.24, 2.45) is 5.41 Å². The molecule has 0 aliphatic rings. The summed E-state index contributed by atoms with van der Waals surface area (Å²) in [5.74, 6) is -0.00285. The molecule has 0 atom stereocenters. The second kappa shape index (κ2) is 6.50. The van der Waals surface area contributed by atoms with E-state index in [4.69, 9.17) is 0 Å². The SMILES string of the molecule is Cc1ncsc1C(=O)NCC(C)(C)CCCBr. The molecular formula is C12H19BrN2OS. The van der Waals surface area contributed by atoms with Crippen molar-refractivity contribution in [1.29, 1.82) is 0 Å². The van der Waals surface area contributed by atoms with E-state index in [0.29, 0.717) is 6.54 Å². The van der Waals surface area contributed by atoms with Crippen LogP contribution in [0.15, 0.2) is 5.51 Å². The van der Waals surface area contributed by atoms with Crippen LogP contribution in [0.5, 0.6) is 0 Å². The van der Waals surface area contributed by atoms with Gasteiger partial charge in [0.1, 0.15) is 4.88 Å². The molecule has 1 amide bonds. The summed E-state index contributed by atoms with van der Waals surface area (Å²) in [6, 6.07) is 0. The molecule has 1 heterocycles. The first kappa shape index (κ1) is 14.6. The highest BCUT2D eigenvalue weighted by molar-refractivity contribution is 9.09. The van der Waals surface area contributed by atoms with Gasteiger partial charge in [0, 0.05) is 11.9 Å². The van der Waals surface area contributed by atoms with Crippen molar-refractivity contribution in [1.82, 2.24) is 10.3 Å². The first-order chi connectivity index (χ1) is 7.96. The van der Waals surface area contributed by atoms with Crippen LogP contribution in [0.4, 0.5) is 0 Å². The van der Waals surface area contributed by atoms with Crippen molar-refractivity contribution < 1.29 is 4.79 Å². The number of nitrogens with one attached hydrogen (secondary N) is 1. The predicted octanol–water partition coefficient (Wildman–Crippen LogP) is 3.38. The maximum Gasteiger partial charge on any atom is 0.263 e. The Morgan fingerprint density at radius 3 is 2.82 bits per heavy atom. The molecule has 3 nitrogen and oxygen atoms in total. The molecule has 96 valence electrons. The van der Waals surface area contributed by atoms with Crippen molar-refractivity contribution in [3.05, 3.63) is 16.1 Å². The molecule has 0 aromatic carbocycles. The van der Waals surface area contributed by atoms with Gasteiger partial charge in [0.05, 0.1) is 11.2 Å². The summed E-state index contributed by atoms with van der Waals surface area (Å²) in [5.41, 5.74) is 2.66. The normalized spacial score (nSPS) is 11.5. The fourth-order valence-electron chi connectivity index (χ4n) is 1.55. The number of thiazole rings is 1. The predicted molar refractivity (Wildman–Crippen MR) is 76.0 cm³/mol. The number of alkyl halides is 1. The first-order valence-corrected chi connectivity index (χ1v) is 7.70. The number of aryl methyl sites for hydroxylation is 1. The lowest BCUT2D eigenvalue weighted by Gasteiger charge is -2.24. The molecule has 0 radical (unpaired) electrons. The largest absolute Gasteiger partial charge is 0.351 e. The Labute approximate surface area is 115 Å². The lowest BCUT2D eigenvalue weighted by molar-refractivity contribution is 0.0938. The molecular weight excluding hydrogens is 300 g/mol. The van der Waals surface area contributed by atoms with E-state index in [0.717, 1.165) is 28.7 Å². The summed E-state index contributed by atoms with van der Waals surface area (Å²) in [6.07, 6.45) is 2.22. The Morgan fingerprint density at radius 2 is 2.29 bits per heavy atom. The number of carbonyl (C=O) groups excluding carboxylic acids is 1. The molecule has 0 saturated carbocycles. The number of aromatic nitrogens is 1. The standard InChI is InChI=1S/C12H19BrN2OS/c1-9-10(17-8-15-9)11(16)14-7-12(2,3)5-4-6-13/h8H,4-7H2,1-3H3,(H,14,16). The fraction of sp³-hybridized carbons (Fsp3) is 0.667. The van der Waals surface area contributed by atoms with Gasteiger partial charge in [0.2, 0.25) is 0 Å². The van der Waals surface area contributed by atoms with Gasteiger partial charge >= 0.3 is 0 Å².